The summed E-state index contributed by atoms with van der Waals surface area (Å²) in [5, 5.41) is 0. The Morgan fingerprint density at radius 1 is 0.955 bits per heavy atom. The molecule has 2 aliphatic heterocycles. The van der Waals surface area contributed by atoms with Gasteiger partial charge < -0.3 is 9.47 Å². The number of rotatable bonds is 2. The zero-order valence-electron chi connectivity index (χ0n) is 12.5. The smallest absolute Gasteiger partial charge is 0.107 e. The molecule has 2 aliphatic rings. The van der Waals surface area contributed by atoms with E-state index in [1.165, 1.54) is 16.7 Å². The maximum absolute atomic E-state index is 6.31. The largest absolute Gasteiger partial charge is 0.372 e. The fourth-order valence-corrected chi connectivity index (χ4v) is 3.72. The van der Waals surface area contributed by atoms with Crippen molar-refractivity contribution in [2.24, 2.45) is 5.92 Å². The van der Waals surface area contributed by atoms with Crippen molar-refractivity contribution in [3.63, 3.8) is 0 Å². The van der Waals surface area contributed by atoms with Gasteiger partial charge in [-0.15, -0.1) is 0 Å². The summed E-state index contributed by atoms with van der Waals surface area (Å²) in [5.41, 5.74) is 3.93. The molecule has 1 saturated heterocycles. The minimum Gasteiger partial charge on any atom is -0.372 e. The normalized spacial score (nSPS) is 28.0. The van der Waals surface area contributed by atoms with Crippen LogP contribution in [-0.4, -0.2) is 13.7 Å². The fourth-order valence-electron chi connectivity index (χ4n) is 3.72. The van der Waals surface area contributed by atoms with Crippen LogP contribution >= 0.6 is 0 Å². The Labute approximate surface area is 131 Å². The maximum atomic E-state index is 6.31. The second kappa shape index (κ2) is 5.61. The van der Waals surface area contributed by atoms with Gasteiger partial charge in [0.05, 0.1) is 18.1 Å². The van der Waals surface area contributed by atoms with E-state index in [9.17, 15) is 0 Å². The lowest BCUT2D eigenvalue weighted by Gasteiger charge is -2.26. The minimum absolute atomic E-state index is 0.0794. The van der Waals surface area contributed by atoms with Crippen LogP contribution in [0.15, 0.2) is 54.6 Å². The van der Waals surface area contributed by atoms with E-state index in [0.29, 0.717) is 12.5 Å². The third-order valence-corrected chi connectivity index (χ3v) is 4.61. The van der Waals surface area contributed by atoms with E-state index in [0.717, 1.165) is 0 Å². The van der Waals surface area contributed by atoms with Crippen molar-refractivity contribution in [1.82, 2.24) is 0 Å². The van der Waals surface area contributed by atoms with Gasteiger partial charge in [-0.2, -0.15) is 0 Å². The van der Waals surface area contributed by atoms with Crippen LogP contribution in [0.1, 0.15) is 34.8 Å². The lowest BCUT2D eigenvalue weighted by atomic mass is 9.73. The number of ether oxygens (including phenoxy) is 2. The SMILES string of the molecule is COCC#C[C@@H]1[C@H](c2ccccc2)[C@@H]2O[C@H]1c1ccccc12. The topological polar surface area (TPSA) is 18.5 Å². The van der Waals surface area contributed by atoms with Crippen LogP contribution in [0.5, 0.6) is 0 Å². The molecule has 1 fully saturated rings. The summed E-state index contributed by atoms with van der Waals surface area (Å²) in [4.78, 5) is 0. The highest BCUT2D eigenvalue weighted by Crippen LogP contribution is 2.60. The average molecular weight is 290 g/mol. The summed E-state index contributed by atoms with van der Waals surface area (Å²) in [6, 6.07) is 19.1. The Kier molecular flexibility index (Phi) is 3.46. The summed E-state index contributed by atoms with van der Waals surface area (Å²) in [5.74, 6) is 7.03. The number of fused-ring (bicyclic) bond motifs is 5. The zero-order chi connectivity index (χ0) is 14.9. The predicted molar refractivity (Wildman–Crippen MR) is 85.3 cm³/mol. The van der Waals surface area contributed by atoms with Crippen molar-refractivity contribution in [2.45, 2.75) is 18.1 Å². The van der Waals surface area contributed by atoms with Gasteiger partial charge in [0.1, 0.15) is 6.61 Å². The quantitative estimate of drug-likeness (QED) is 0.782. The maximum Gasteiger partial charge on any atom is 0.107 e. The number of hydrogen-bond donors (Lipinski definition) is 0. The van der Waals surface area contributed by atoms with E-state index >= 15 is 0 Å². The first-order valence-electron chi connectivity index (χ1n) is 7.66. The van der Waals surface area contributed by atoms with E-state index < -0.39 is 0 Å². The third kappa shape index (κ3) is 2.06. The Bertz CT molecular complexity index is 726. The zero-order valence-corrected chi connectivity index (χ0v) is 12.5. The van der Waals surface area contributed by atoms with Gasteiger partial charge in [-0.1, -0.05) is 66.4 Å². The second-order valence-electron chi connectivity index (χ2n) is 5.82. The summed E-state index contributed by atoms with van der Waals surface area (Å²) in [6.07, 6.45) is 0.196. The standard InChI is InChI=1S/C20H18O2/c1-21-13-7-12-17-18(14-8-3-2-4-9-14)20-16-11-6-5-10-15(16)19(17)22-20/h2-6,8-11,17-20H,13H2,1H3/t17-,18+,19+,20-/m1/s1. The lowest BCUT2D eigenvalue weighted by Crippen LogP contribution is -2.19. The summed E-state index contributed by atoms with van der Waals surface area (Å²) >= 11 is 0. The first-order valence-corrected chi connectivity index (χ1v) is 7.66. The molecule has 0 N–H and O–H groups in total. The molecule has 2 bridgehead atoms. The molecule has 0 spiro atoms. The summed E-state index contributed by atoms with van der Waals surface area (Å²) in [7, 11) is 1.68. The molecule has 0 radical (unpaired) electrons. The molecule has 0 aromatic heterocycles. The van der Waals surface area contributed by atoms with Crippen LogP contribution in [0, 0.1) is 17.8 Å². The van der Waals surface area contributed by atoms with E-state index in [2.05, 4.69) is 66.4 Å². The van der Waals surface area contributed by atoms with Gasteiger partial charge in [-0.25, -0.2) is 0 Å². The van der Waals surface area contributed by atoms with Crippen LogP contribution in [0.4, 0.5) is 0 Å². The molecular weight excluding hydrogens is 272 g/mol. The highest BCUT2D eigenvalue weighted by Gasteiger charge is 2.52. The summed E-state index contributed by atoms with van der Waals surface area (Å²) < 4.78 is 11.4. The molecule has 2 nitrogen and oxygen atoms in total. The second-order valence-corrected chi connectivity index (χ2v) is 5.82. The molecule has 0 saturated carbocycles. The number of benzene rings is 2. The van der Waals surface area contributed by atoms with Crippen molar-refractivity contribution >= 4 is 0 Å². The Balaban J connectivity index is 1.77. The van der Waals surface area contributed by atoms with Gasteiger partial charge in [0.15, 0.2) is 0 Å². The van der Waals surface area contributed by atoms with Crippen molar-refractivity contribution in [3.8, 4) is 11.8 Å². The molecule has 2 aromatic rings. The first-order chi connectivity index (χ1) is 10.9. The molecule has 4 rings (SSSR count). The van der Waals surface area contributed by atoms with E-state index in [-0.39, 0.29) is 18.1 Å². The Hall–Kier alpha value is -2.08. The molecule has 0 aliphatic carbocycles. The molecule has 2 heteroatoms. The monoisotopic (exact) mass is 290 g/mol. The Morgan fingerprint density at radius 2 is 1.64 bits per heavy atom. The molecule has 2 aromatic carbocycles. The first kappa shape index (κ1) is 13.6. The van der Waals surface area contributed by atoms with Gasteiger partial charge in [0, 0.05) is 13.0 Å². The Morgan fingerprint density at radius 3 is 2.36 bits per heavy atom. The van der Waals surface area contributed by atoms with Gasteiger partial charge in [0.25, 0.3) is 0 Å². The van der Waals surface area contributed by atoms with Gasteiger partial charge in [0.2, 0.25) is 0 Å². The molecule has 0 unspecified atom stereocenters. The average Bonchev–Trinajstić information content (AvgIpc) is 3.13. The van der Waals surface area contributed by atoms with Crippen LogP contribution in [-0.2, 0) is 9.47 Å². The van der Waals surface area contributed by atoms with Crippen LogP contribution in [0.3, 0.4) is 0 Å². The highest BCUT2D eigenvalue weighted by atomic mass is 16.5. The molecule has 0 amide bonds. The molecule has 110 valence electrons. The molecule has 2 heterocycles. The van der Waals surface area contributed by atoms with Gasteiger partial charge in [-0.05, 0) is 16.7 Å². The number of hydrogen-bond acceptors (Lipinski definition) is 2. The van der Waals surface area contributed by atoms with E-state index in [1.54, 1.807) is 7.11 Å². The predicted octanol–water partition coefficient (Wildman–Crippen LogP) is 3.86. The van der Waals surface area contributed by atoms with Crippen LogP contribution in [0.25, 0.3) is 0 Å². The highest BCUT2D eigenvalue weighted by molar-refractivity contribution is 5.45. The molecular formula is C20H18O2. The molecule has 22 heavy (non-hydrogen) atoms. The van der Waals surface area contributed by atoms with Crippen LogP contribution in [0.2, 0.25) is 0 Å². The van der Waals surface area contributed by atoms with Crippen molar-refractivity contribution in [2.75, 3.05) is 13.7 Å². The molecule has 4 atom stereocenters. The lowest BCUT2D eigenvalue weighted by molar-refractivity contribution is 0.0627. The van der Waals surface area contributed by atoms with Crippen LogP contribution < -0.4 is 0 Å². The van der Waals surface area contributed by atoms with Gasteiger partial charge in [-0.3, -0.25) is 0 Å². The minimum atomic E-state index is 0.0794. The summed E-state index contributed by atoms with van der Waals surface area (Å²) in [6.45, 7) is 0.469. The van der Waals surface area contributed by atoms with E-state index in [1.807, 2.05) is 0 Å². The van der Waals surface area contributed by atoms with Gasteiger partial charge >= 0.3 is 0 Å². The van der Waals surface area contributed by atoms with E-state index in [4.69, 9.17) is 9.47 Å². The van der Waals surface area contributed by atoms with Crippen molar-refractivity contribution in [3.05, 3.63) is 71.3 Å². The fraction of sp³-hybridized carbons (Fsp3) is 0.300. The van der Waals surface area contributed by atoms with Crippen molar-refractivity contribution in [1.29, 1.82) is 0 Å². The number of methoxy groups -OCH3 is 1. The third-order valence-electron chi connectivity index (χ3n) is 4.61. The van der Waals surface area contributed by atoms with Crippen molar-refractivity contribution < 1.29 is 9.47 Å².